The molecule has 5 rings (SSSR count). The summed E-state index contributed by atoms with van der Waals surface area (Å²) in [6, 6.07) is 21.2. The minimum absolute atomic E-state index is 0.0154. The highest BCUT2D eigenvalue weighted by atomic mass is 32.2. The van der Waals surface area contributed by atoms with Crippen LogP contribution in [0.25, 0.3) is 6.08 Å². The summed E-state index contributed by atoms with van der Waals surface area (Å²) in [5, 5.41) is 2.94. The molecule has 3 aromatic rings. The molecule has 0 aliphatic carbocycles. The van der Waals surface area contributed by atoms with E-state index in [4.69, 9.17) is 0 Å². The van der Waals surface area contributed by atoms with Crippen LogP contribution in [0.5, 0.6) is 0 Å². The predicted molar refractivity (Wildman–Crippen MR) is 128 cm³/mol. The maximum atomic E-state index is 13.1. The normalized spacial score (nSPS) is 17.1. The number of carbonyl (C=O) groups is 2. The third-order valence-corrected chi connectivity index (χ3v) is 6.65. The van der Waals surface area contributed by atoms with E-state index in [-0.39, 0.29) is 11.8 Å². The Balaban J connectivity index is 1.28. The minimum atomic E-state index is -0.153. The average molecular weight is 443 g/mol. The van der Waals surface area contributed by atoms with Crippen LogP contribution < -0.4 is 10.2 Å². The van der Waals surface area contributed by atoms with Gasteiger partial charge in [0.2, 0.25) is 0 Å². The monoisotopic (exact) mass is 442 g/mol. The Kier molecular flexibility index (Phi) is 5.64. The Hall–Kier alpha value is -3.58. The molecule has 2 amide bonds. The number of aromatic nitrogens is 1. The molecule has 0 atom stereocenters. The van der Waals surface area contributed by atoms with Gasteiger partial charge in [0.25, 0.3) is 11.8 Å². The molecule has 0 bridgehead atoms. The second-order valence-corrected chi connectivity index (χ2v) is 8.74. The lowest BCUT2D eigenvalue weighted by Crippen LogP contribution is -2.49. The van der Waals surface area contributed by atoms with Crippen LogP contribution in [0, 0.1) is 0 Å². The Labute approximate surface area is 190 Å². The van der Waals surface area contributed by atoms with E-state index in [1.165, 1.54) is 11.8 Å². The van der Waals surface area contributed by atoms with Gasteiger partial charge >= 0.3 is 0 Å². The number of nitrogens with one attached hydrogen (secondary N) is 1. The van der Waals surface area contributed by atoms with Gasteiger partial charge < -0.3 is 15.1 Å². The first-order valence-corrected chi connectivity index (χ1v) is 11.3. The van der Waals surface area contributed by atoms with Crippen molar-refractivity contribution in [2.75, 3.05) is 36.4 Å². The van der Waals surface area contributed by atoms with Gasteiger partial charge in [-0.15, -0.1) is 0 Å². The third kappa shape index (κ3) is 4.24. The van der Waals surface area contributed by atoms with E-state index < -0.39 is 0 Å². The Morgan fingerprint density at radius 3 is 2.50 bits per heavy atom. The second-order valence-electron chi connectivity index (χ2n) is 7.65. The van der Waals surface area contributed by atoms with Crippen molar-refractivity contribution in [3.63, 3.8) is 0 Å². The maximum Gasteiger partial charge on any atom is 0.262 e. The molecule has 3 heterocycles. The fourth-order valence-corrected chi connectivity index (χ4v) is 4.79. The number of benzene rings is 2. The number of hydrogen-bond donors (Lipinski definition) is 1. The van der Waals surface area contributed by atoms with Gasteiger partial charge in [0.05, 0.1) is 10.6 Å². The molecule has 6 nitrogen and oxygen atoms in total. The number of nitrogens with zero attached hydrogens (tertiary/aromatic N) is 3. The van der Waals surface area contributed by atoms with Crippen molar-refractivity contribution >= 4 is 41.2 Å². The molecule has 1 saturated heterocycles. The zero-order valence-electron chi connectivity index (χ0n) is 17.4. The molecular weight excluding hydrogens is 420 g/mol. The van der Waals surface area contributed by atoms with Crippen molar-refractivity contribution < 1.29 is 9.59 Å². The van der Waals surface area contributed by atoms with Gasteiger partial charge in [-0.1, -0.05) is 48.2 Å². The topological polar surface area (TPSA) is 65.5 Å². The summed E-state index contributed by atoms with van der Waals surface area (Å²) in [4.78, 5) is 35.7. The molecular formula is C25H22N4O2S. The van der Waals surface area contributed by atoms with Crippen LogP contribution in [-0.4, -0.2) is 47.9 Å². The molecule has 1 fully saturated rings. The van der Waals surface area contributed by atoms with E-state index in [1.54, 1.807) is 12.3 Å². The molecule has 7 heteroatoms. The lowest BCUT2D eigenvalue weighted by molar-refractivity contribution is -0.112. The summed E-state index contributed by atoms with van der Waals surface area (Å²) in [6.07, 6.45) is 3.66. The molecule has 1 N–H and O–H groups in total. The van der Waals surface area contributed by atoms with Crippen molar-refractivity contribution in [3.8, 4) is 0 Å². The second kappa shape index (κ2) is 8.88. The predicted octanol–water partition coefficient (Wildman–Crippen LogP) is 4.13. The van der Waals surface area contributed by atoms with Crippen molar-refractivity contribution in [1.29, 1.82) is 0 Å². The molecule has 32 heavy (non-hydrogen) atoms. The number of thioether (sulfide) groups is 1. The molecule has 1 aromatic heterocycles. The van der Waals surface area contributed by atoms with Gasteiger partial charge in [0.15, 0.2) is 0 Å². The van der Waals surface area contributed by atoms with E-state index in [0.717, 1.165) is 29.4 Å². The zero-order chi connectivity index (χ0) is 21.9. The van der Waals surface area contributed by atoms with Gasteiger partial charge in [0, 0.05) is 42.8 Å². The fraction of sp³-hybridized carbons (Fsp3) is 0.160. The van der Waals surface area contributed by atoms with E-state index in [0.29, 0.717) is 29.2 Å². The Bertz CT molecular complexity index is 1170. The third-order valence-electron chi connectivity index (χ3n) is 5.56. The van der Waals surface area contributed by atoms with E-state index in [1.807, 2.05) is 71.6 Å². The number of amides is 2. The van der Waals surface area contributed by atoms with E-state index in [9.17, 15) is 9.59 Å². The number of piperazine rings is 1. The lowest BCUT2D eigenvalue weighted by Gasteiger charge is -2.35. The molecule has 2 aromatic carbocycles. The van der Waals surface area contributed by atoms with Crippen molar-refractivity contribution in [3.05, 3.63) is 89.0 Å². The summed E-state index contributed by atoms with van der Waals surface area (Å²) in [5.41, 5.74) is 2.25. The zero-order valence-corrected chi connectivity index (χ0v) is 18.2. The first-order valence-electron chi connectivity index (χ1n) is 10.5. The Morgan fingerprint density at radius 1 is 0.969 bits per heavy atom. The summed E-state index contributed by atoms with van der Waals surface area (Å²) in [6.45, 7) is 2.76. The van der Waals surface area contributed by atoms with Gasteiger partial charge in [0.1, 0.15) is 5.82 Å². The summed E-state index contributed by atoms with van der Waals surface area (Å²) in [5.74, 6) is 0.769. The SMILES string of the molecule is O=C1Nc2cc(C(=O)N3CCN(c4ccccn4)CC3)ccc2SC1=Cc1ccccc1. The first-order chi connectivity index (χ1) is 15.7. The molecule has 0 spiro atoms. The first kappa shape index (κ1) is 20.3. The molecule has 0 radical (unpaired) electrons. The summed E-state index contributed by atoms with van der Waals surface area (Å²) in [7, 11) is 0. The van der Waals surface area contributed by atoms with E-state index >= 15 is 0 Å². The quantitative estimate of drug-likeness (QED) is 0.618. The van der Waals surface area contributed by atoms with Crippen molar-refractivity contribution in [2.45, 2.75) is 4.90 Å². The minimum Gasteiger partial charge on any atom is -0.353 e. The van der Waals surface area contributed by atoms with Crippen molar-refractivity contribution in [2.24, 2.45) is 0 Å². The number of carbonyl (C=O) groups excluding carboxylic acids is 2. The van der Waals surface area contributed by atoms with Gasteiger partial charge in [-0.05, 0) is 42.0 Å². The van der Waals surface area contributed by atoms with Crippen molar-refractivity contribution in [1.82, 2.24) is 9.88 Å². The van der Waals surface area contributed by atoms with Crippen LogP contribution in [0.15, 0.2) is 82.7 Å². The molecule has 2 aliphatic heterocycles. The molecule has 160 valence electrons. The van der Waals surface area contributed by atoms with E-state index in [2.05, 4.69) is 15.2 Å². The highest BCUT2D eigenvalue weighted by molar-refractivity contribution is 8.04. The summed E-state index contributed by atoms with van der Waals surface area (Å²) >= 11 is 1.42. The van der Waals surface area contributed by atoms with Crippen LogP contribution >= 0.6 is 11.8 Å². The van der Waals surface area contributed by atoms with Crippen LogP contribution in [0.4, 0.5) is 11.5 Å². The molecule has 0 unspecified atom stereocenters. The molecule has 0 saturated carbocycles. The highest BCUT2D eigenvalue weighted by Gasteiger charge is 2.26. The van der Waals surface area contributed by atoms with Crippen LogP contribution in [-0.2, 0) is 4.79 Å². The van der Waals surface area contributed by atoms with Crippen LogP contribution in [0.2, 0.25) is 0 Å². The van der Waals surface area contributed by atoms with Gasteiger partial charge in [-0.25, -0.2) is 4.98 Å². The van der Waals surface area contributed by atoms with Gasteiger partial charge in [-0.2, -0.15) is 0 Å². The number of hydrogen-bond acceptors (Lipinski definition) is 5. The number of fused-ring (bicyclic) bond motifs is 1. The maximum absolute atomic E-state index is 13.1. The lowest BCUT2D eigenvalue weighted by atomic mass is 10.1. The highest BCUT2D eigenvalue weighted by Crippen LogP contribution is 2.39. The average Bonchev–Trinajstić information content (AvgIpc) is 2.85. The van der Waals surface area contributed by atoms with Crippen LogP contribution in [0.1, 0.15) is 15.9 Å². The summed E-state index contributed by atoms with van der Waals surface area (Å²) < 4.78 is 0. The smallest absolute Gasteiger partial charge is 0.262 e. The largest absolute Gasteiger partial charge is 0.353 e. The van der Waals surface area contributed by atoms with Crippen LogP contribution in [0.3, 0.4) is 0 Å². The number of anilines is 2. The standard InChI is InChI=1S/C25H22N4O2S/c30-24-22(16-18-6-2-1-3-7-18)32-21-10-9-19(17-20(21)27-24)25(31)29-14-12-28(13-15-29)23-8-4-5-11-26-23/h1-11,16-17H,12-15H2,(H,27,30). The van der Waals surface area contributed by atoms with Gasteiger partial charge in [-0.3, -0.25) is 9.59 Å². The number of pyridine rings is 1. The Morgan fingerprint density at radius 2 is 1.75 bits per heavy atom. The molecule has 2 aliphatic rings. The fourth-order valence-electron chi connectivity index (χ4n) is 3.86. The number of rotatable bonds is 3.